The molecule has 4 aliphatic heterocycles. The molecule has 0 radical (unpaired) electrons. The van der Waals surface area contributed by atoms with Crippen LogP contribution in [0.4, 0.5) is 28.4 Å². The highest BCUT2D eigenvalue weighted by atomic mass is 33.1. The molecule has 5 aromatic rings. The van der Waals surface area contributed by atoms with Crippen molar-refractivity contribution in [1.29, 1.82) is 0 Å². The lowest BCUT2D eigenvalue weighted by molar-refractivity contribution is -0.118. The van der Waals surface area contributed by atoms with E-state index in [4.69, 9.17) is 34.7 Å². The molecule has 0 saturated carbocycles. The number of primary amides is 1. The molecule has 67 heavy (non-hydrogen) atoms. The number of aliphatic imine (C=N–C) groups is 2. The Labute approximate surface area is 396 Å². The molecule has 16 heteroatoms. The molecule has 4 heterocycles. The number of nitrogens with two attached hydrogens (primary N) is 1. The van der Waals surface area contributed by atoms with Crippen molar-refractivity contribution in [3.8, 4) is 23.0 Å². The van der Waals surface area contributed by atoms with E-state index in [1.165, 1.54) is 14.2 Å². The monoisotopic (exact) mass is 938 g/mol. The Bertz CT molecular complexity index is 2660. The summed E-state index contributed by atoms with van der Waals surface area (Å²) >= 11 is 0. The molecule has 0 fully saturated rings. The molecule has 0 spiro atoms. The molecule has 3 atom stereocenters. The molecule has 4 aliphatic rings. The van der Waals surface area contributed by atoms with Crippen molar-refractivity contribution in [2.75, 3.05) is 35.1 Å². The van der Waals surface area contributed by atoms with Crippen molar-refractivity contribution in [2.24, 2.45) is 15.7 Å². The highest BCUT2D eigenvalue weighted by Gasteiger charge is 2.38. The quantitative estimate of drug-likeness (QED) is 0.0637. The van der Waals surface area contributed by atoms with E-state index in [9.17, 15) is 19.2 Å². The number of para-hydroxylation sites is 2. The molecule has 5 aromatic carbocycles. The summed E-state index contributed by atoms with van der Waals surface area (Å²) in [7, 11) is 6.42. The van der Waals surface area contributed by atoms with Gasteiger partial charge in [0.1, 0.15) is 13.2 Å². The average Bonchev–Trinajstić information content (AvgIpc) is 3.82. The Morgan fingerprint density at radius 3 is 1.76 bits per heavy atom. The maximum atomic E-state index is 14.0. The van der Waals surface area contributed by atoms with Gasteiger partial charge >= 0.3 is 0 Å². The number of rotatable bonds is 18. The summed E-state index contributed by atoms with van der Waals surface area (Å²) in [5.74, 6) is 1.53. The predicted octanol–water partition coefficient (Wildman–Crippen LogP) is 9.19. The second kappa shape index (κ2) is 20.0. The second-order valence-electron chi connectivity index (χ2n) is 16.7. The molecule has 1 unspecified atom stereocenters. The van der Waals surface area contributed by atoms with Gasteiger partial charge in [-0.1, -0.05) is 64.9 Å². The number of hydrogen-bond acceptors (Lipinski definition) is 12. The minimum Gasteiger partial charge on any atom is -0.493 e. The minimum absolute atomic E-state index is 0.0766. The lowest BCUT2D eigenvalue weighted by atomic mass is 10.1. The molecule has 0 aliphatic carbocycles. The van der Waals surface area contributed by atoms with Gasteiger partial charge in [-0.15, -0.1) is 0 Å². The van der Waals surface area contributed by atoms with Crippen LogP contribution in [0.15, 0.2) is 101 Å². The summed E-state index contributed by atoms with van der Waals surface area (Å²) in [5.41, 5.74) is 13.0. The summed E-state index contributed by atoms with van der Waals surface area (Å²) in [4.78, 5) is 65.6. The maximum Gasteiger partial charge on any atom is 0.261 e. The van der Waals surface area contributed by atoms with Gasteiger partial charge in [-0.2, -0.15) is 0 Å². The fourth-order valence-corrected chi connectivity index (χ4v) is 11.2. The zero-order valence-corrected chi connectivity index (χ0v) is 39.0. The lowest BCUT2D eigenvalue weighted by Gasteiger charge is -2.22. The minimum atomic E-state index is -0.304. The maximum absolute atomic E-state index is 14.0. The first kappa shape index (κ1) is 45.4. The van der Waals surface area contributed by atoms with Gasteiger partial charge in [0.05, 0.1) is 48.8 Å². The normalized spacial score (nSPS) is 16.7. The topological polar surface area (TPSA) is 174 Å². The first-order valence-electron chi connectivity index (χ1n) is 22.2. The van der Waals surface area contributed by atoms with Crippen LogP contribution in [0, 0.1) is 0 Å². The molecule has 9 rings (SSSR count). The number of benzene rings is 5. The van der Waals surface area contributed by atoms with Crippen LogP contribution in [-0.4, -0.2) is 73.4 Å². The van der Waals surface area contributed by atoms with E-state index >= 15 is 0 Å². The molecular formula is C51H50N6O8S2. The van der Waals surface area contributed by atoms with E-state index in [1.807, 2.05) is 79.2 Å². The van der Waals surface area contributed by atoms with Gasteiger partial charge in [0.15, 0.2) is 23.0 Å². The van der Waals surface area contributed by atoms with Crippen LogP contribution in [0.1, 0.15) is 75.6 Å². The molecule has 0 saturated heterocycles. The van der Waals surface area contributed by atoms with Gasteiger partial charge in [-0.3, -0.25) is 39.0 Å². The van der Waals surface area contributed by atoms with Gasteiger partial charge in [-0.25, -0.2) is 0 Å². The molecule has 0 bridgehead atoms. The number of nitrogens with zero attached hydrogens (tertiary/aromatic N) is 4. The third-order valence-electron chi connectivity index (χ3n) is 12.0. The Kier molecular flexibility index (Phi) is 13.5. The zero-order valence-electron chi connectivity index (χ0n) is 37.4. The molecule has 344 valence electrons. The Balaban J connectivity index is 0.932. The van der Waals surface area contributed by atoms with Crippen molar-refractivity contribution < 1.29 is 38.1 Å². The number of ether oxygens (including phenoxy) is 4. The Morgan fingerprint density at radius 2 is 1.25 bits per heavy atom. The number of carbonyl (C=O) groups excluding carboxylic acids is 4. The van der Waals surface area contributed by atoms with Crippen LogP contribution in [0.3, 0.4) is 0 Å². The fraction of sp³-hybridized carbons (Fsp3) is 0.294. The van der Waals surface area contributed by atoms with E-state index in [1.54, 1.807) is 55.7 Å². The zero-order chi connectivity index (χ0) is 46.6. The molecule has 4 amide bonds. The van der Waals surface area contributed by atoms with Gasteiger partial charge < -0.3 is 30.0 Å². The van der Waals surface area contributed by atoms with Crippen molar-refractivity contribution in [2.45, 2.75) is 76.0 Å². The van der Waals surface area contributed by atoms with Gasteiger partial charge in [0.25, 0.3) is 11.8 Å². The first-order valence-corrected chi connectivity index (χ1v) is 24.5. The van der Waals surface area contributed by atoms with E-state index in [0.29, 0.717) is 89.7 Å². The van der Waals surface area contributed by atoms with E-state index in [-0.39, 0.29) is 54.2 Å². The van der Waals surface area contributed by atoms with Gasteiger partial charge in [0.2, 0.25) is 11.8 Å². The van der Waals surface area contributed by atoms with E-state index in [2.05, 4.69) is 12.2 Å². The average molecular weight is 939 g/mol. The van der Waals surface area contributed by atoms with E-state index in [0.717, 1.165) is 39.4 Å². The number of methoxy groups -OCH3 is 2. The molecule has 14 nitrogen and oxygen atoms in total. The summed E-state index contributed by atoms with van der Waals surface area (Å²) in [6, 6.07) is 27.8. The predicted molar refractivity (Wildman–Crippen MR) is 265 cm³/mol. The molecular weight excluding hydrogens is 889 g/mol. The van der Waals surface area contributed by atoms with Crippen LogP contribution in [0.25, 0.3) is 0 Å². The van der Waals surface area contributed by atoms with Crippen molar-refractivity contribution in [3.63, 3.8) is 0 Å². The van der Waals surface area contributed by atoms with Crippen molar-refractivity contribution in [3.05, 3.63) is 124 Å². The largest absolute Gasteiger partial charge is 0.493 e. The number of nitrogens with one attached hydrogen (secondary N) is 1. The standard InChI is InChI=1S/C51H50N6O8S2/c1-30(14-15-48(52)58)67-66-16-8-13-49(59)55-35-18-31(28-64-46-24-40-38(22-44(46)62-2)50(60)56-36(26-53-40)20-33-9-4-6-11-42(33)56)17-32(19-35)29-65-47-25-41-39(23-45(47)63-3)51(61)57-37(27-54-41)21-34-10-5-7-12-43(34)57/h4-7,9-12,17-19,22-27,30,36-37H,8,13-16,20-21,28-29H2,1-3H3,(H2,52,58)(H,55,59)/t30?,36-,37-/m0/s1. The summed E-state index contributed by atoms with van der Waals surface area (Å²) in [6.45, 7) is 2.21. The molecule has 3 N–H and O–H groups in total. The number of hydrogen-bond donors (Lipinski definition) is 2. The fourth-order valence-electron chi connectivity index (χ4n) is 8.77. The van der Waals surface area contributed by atoms with Crippen LogP contribution in [0.2, 0.25) is 0 Å². The smallest absolute Gasteiger partial charge is 0.261 e. The van der Waals surface area contributed by atoms with Crippen molar-refractivity contribution in [1.82, 2.24) is 0 Å². The molecule has 0 aromatic heterocycles. The van der Waals surface area contributed by atoms with Crippen molar-refractivity contribution >= 4 is 86.1 Å². The number of anilines is 3. The van der Waals surface area contributed by atoms with Crippen LogP contribution < -0.4 is 39.8 Å². The summed E-state index contributed by atoms with van der Waals surface area (Å²) in [6.07, 6.45) is 7.01. The van der Waals surface area contributed by atoms with E-state index < -0.39 is 0 Å². The first-order chi connectivity index (χ1) is 32.6. The third kappa shape index (κ3) is 9.86. The highest BCUT2D eigenvalue weighted by molar-refractivity contribution is 8.76. The number of carbonyl (C=O) groups is 4. The van der Waals surface area contributed by atoms with Crippen LogP contribution >= 0.6 is 21.6 Å². The van der Waals surface area contributed by atoms with Gasteiger partial charge in [0, 0.05) is 78.3 Å². The van der Waals surface area contributed by atoms with Gasteiger partial charge in [-0.05, 0) is 77.6 Å². The third-order valence-corrected chi connectivity index (χ3v) is 15.1. The SMILES string of the molecule is COc1cc2c(cc1OCc1cc(COc3cc4c(cc3OC)C(=O)N3c5ccccc5C[C@H]3C=N4)cc(NC(=O)CCCSSC(C)CCC(N)=O)c1)N=C[C@@H]1Cc3ccccc3N1C2=O. The lowest BCUT2D eigenvalue weighted by Crippen LogP contribution is -2.37. The number of amides is 4. The van der Waals surface area contributed by atoms with Crippen LogP contribution in [0.5, 0.6) is 23.0 Å². The summed E-state index contributed by atoms with van der Waals surface area (Å²) < 4.78 is 24.4. The van der Waals surface area contributed by atoms with Crippen LogP contribution in [-0.2, 0) is 35.6 Å². The second-order valence-corrected chi connectivity index (χ2v) is 19.7. The Hall–Kier alpha value is -6.78. The Morgan fingerprint density at radius 1 is 0.731 bits per heavy atom. The highest BCUT2D eigenvalue weighted by Crippen LogP contribution is 2.43. The number of fused-ring (bicyclic) bond motifs is 8. The summed E-state index contributed by atoms with van der Waals surface area (Å²) in [5, 5.41) is 3.33.